The Morgan fingerprint density at radius 1 is 1.53 bits per heavy atom. The van der Waals surface area contributed by atoms with Crippen LogP contribution in [0.15, 0.2) is 0 Å². The standard InChI is InChI=1S/C10H18N2O3/c1-7-4-5-11(2)10(15)8(12(7)3)6-9(13)14/h7-8H,4-6H2,1-3H3,(H,13,14). The van der Waals surface area contributed by atoms with Crippen molar-refractivity contribution in [3.05, 3.63) is 0 Å². The highest BCUT2D eigenvalue weighted by Crippen LogP contribution is 2.16. The highest BCUT2D eigenvalue weighted by atomic mass is 16.4. The normalized spacial score (nSPS) is 29.0. The third-order valence-corrected chi connectivity index (χ3v) is 3.10. The minimum Gasteiger partial charge on any atom is -0.481 e. The van der Waals surface area contributed by atoms with E-state index >= 15 is 0 Å². The summed E-state index contributed by atoms with van der Waals surface area (Å²) in [6.07, 6.45) is 0.763. The van der Waals surface area contributed by atoms with Crippen LogP contribution in [0.3, 0.4) is 0 Å². The molecule has 0 aromatic heterocycles. The lowest BCUT2D eigenvalue weighted by molar-refractivity contribution is -0.144. The number of hydrogen-bond donors (Lipinski definition) is 1. The van der Waals surface area contributed by atoms with Crippen molar-refractivity contribution in [2.24, 2.45) is 0 Å². The molecule has 1 N–H and O–H groups in total. The van der Waals surface area contributed by atoms with Crippen molar-refractivity contribution in [2.45, 2.75) is 31.8 Å². The maximum atomic E-state index is 11.9. The molecule has 2 atom stereocenters. The Labute approximate surface area is 89.7 Å². The van der Waals surface area contributed by atoms with Crippen molar-refractivity contribution in [2.75, 3.05) is 20.6 Å². The number of amides is 1. The number of aliphatic carboxylic acids is 1. The van der Waals surface area contributed by atoms with Crippen molar-refractivity contribution in [1.82, 2.24) is 9.80 Å². The van der Waals surface area contributed by atoms with Gasteiger partial charge in [-0.1, -0.05) is 0 Å². The second-order valence-corrected chi connectivity index (χ2v) is 4.18. The number of carboxylic acid groups (broad SMARTS) is 1. The molecule has 1 saturated heterocycles. The van der Waals surface area contributed by atoms with Gasteiger partial charge in [0.25, 0.3) is 0 Å². The molecule has 1 amide bonds. The Morgan fingerprint density at radius 2 is 2.13 bits per heavy atom. The van der Waals surface area contributed by atoms with Crippen LogP contribution in [0.4, 0.5) is 0 Å². The van der Waals surface area contributed by atoms with Crippen LogP contribution in [-0.4, -0.2) is 59.5 Å². The topological polar surface area (TPSA) is 60.9 Å². The summed E-state index contributed by atoms with van der Waals surface area (Å²) in [6.45, 7) is 2.71. The van der Waals surface area contributed by atoms with E-state index in [1.807, 2.05) is 18.9 Å². The fourth-order valence-corrected chi connectivity index (χ4v) is 1.83. The molecule has 1 fully saturated rings. The number of hydrogen-bond acceptors (Lipinski definition) is 3. The summed E-state index contributed by atoms with van der Waals surface area (Å²) >= 11 is 0. The second kappa shape index (κ2) is 4.61. The van der Waals surface area contributed by atoms with Gasteiger partial charge in [-0.15, -0.1) is 0 Å². The average Bonchev–Trinajstić information content (AvgIpc) is 2.25. The van der Waals surface area contributed by atoms with E-state index in [1.165, 1.54) is 0 Å². The van der Waals surface area contributed by atoms with Crippen LogP contribution in [0.25, 0.3) is 0 Å². The SMILES string of the molecule is CC1CCN(C)C(=O)C(CC(=O)O)N1C. The molecule has 86 valence electrons. The van der Waals surface area contributed by atoms with Gasteiger partial charge in [0.15, 0.2) is 0 Å². The Bertz CT molecular complexity index is 267. The Morgan fingerprint density at radius 3 is 2.67 bits per heavy atom. The molecule has 0 aromatic carbocycles. The first-order chi connectivity index (χ1) is 6.93. The van der Waals surface area contributed by atoms with E-state index in [1.54, 1.807) is 11.9 Å². The molecule has 0 aliphatic carbocycles. The lowest BCUT2D eigenvalue weighted by Gasteiger charge is -2.28. The van der Waals surface area contributed by atoms with Gasteiger partial charge >= 0.3 is 5.97 Å². The van der Waals surface area contributed by atoms with Crippen molar-refractivity contribution >= 4 is 11.9 Å². The molecule has 1 heterocycles. The molecule has 0 radical (unpaired) electrons. The van der Waals surface area contributed by atoms with Crippen LogP contribution >= 0.6 is 0 Å². The molecule has 0 aromatic rings. The number of nitrogens with zero attached hydrogens (tertiary/aromatic N) is 2. The van der Waals surface area contributed by atoms with Gasteiger partial charge in [-0.2, -0.15) is 0 Å². The Balaban J connectivity index is 2.84. The van der Waals surface area contributed by atoms with Gasteiger partial charge in [0.05, 0.1) is 12.5 Å². The second-order valence-electron chi connectivity index (χ2n) is 4.18. The summed E-state index contributed by atoms with van der Waals surface area (Å²) in [5.74, 6) is -1.02. The minimum atomic E-state index is -0.928. The molecule has 0 spiro atoms. The molecular formula is C10H18N2O3. The van der Waals surface area contributed by atoms with Gasteiger partial charge in [0, 0.05) is 19.6 Å². The molecule has 1 rings (SSSR count). The molecule has 15 heavy (non-hydrogen) atoms. The highest BCUT2D eigenvalue weighted by molar-refractivity contribution is 5.86. The number of likely N-dealkylation sites (N-methyl/N-ethyl adjacent to an activating group) is 2. The van der Waals surface area contributed by atoms with Crippen LogP contribution in [0.2, 0.25) is 0 Å². The largest absolute Gasteiger partial charge is 0.481 e. The number of rotatable bonds is 2. The van der Waals surface area contributed by atoms with Gasteiger partial charge in [0.2, 0.25) is 5.91 Å². The fraction of sp³-hybridized carbons (Fsp3) is 0.800. The van der Waals surface area contributed by atoms with Gasteiger partial charge in [-0.05, 0) is 20.4 Å². The molecule has 0 saturated carbocycles. The van der Waals surface area contributed by atoms with Crippen molar-refractivity contribution < 1.29 is 14.7 Å². The maximum absolute atomic E-state index is 11.9. The maximum Gasteiger partial charge on any atom is 0.305 e. The van der Waals surface area contributed by atoms with Crippen LogP contribution in [-0.2, 0) is 9.59 Å². The van der Waals surface area contributed by atoms with Crippen LogP contribution in [0, 0.1) is 0 Å². The van der Waals surface area contributed by atoms with E-state index < -0.39 is 12.0 Å². The first-order valence-corrected chi connectivity index (χ1v) is 5.12. The highest BCUT2D eigenvalue weighted by Gasteiger charge is 2.33. The van der Waals surface area contributed by atoms with E-state index in [4.69, 9.17) is 5.11 Å². The van der Waals surface area contributed by atoms with Gasteiger partial charge in [-0.3, -0.25) is 14.5 Å². The van der Waals surface area contributed by atoms with E-state index in [-0.39, 0.29) is 18.4 Å². The molecule has 5 nitrogen and oxygen atoms in total. The van der Waals surface area contributed by atoms with Crippen molar-refractivity contribution in [1.29, 1.82) is 0 Å². The van der Waals surface area contributed by atoms with Gasteiger partial charge in [-0.25, -0.2) is 0 Å². The van der Waals surface area contributed by atoms with Gasteiger partial charge < -0.3 is 10.0 Å². The quantitative estimate of drug-likeness (QED) is 0.703. The lowest BCUT2D eigenvalue weighted by atomic mass is 10.1. The summed E-state index contributed by atoms with van der Waals surface area (Å²) in [4.78, 5) is 26.0. The number of carbonyl (C=O) groups is 2. The van der Waals surface area contributed by atoms with E-state index in [0.717, 1.165) is 6.42 Å². The zero-order valence-electron chi connectivity index (χ0n) is 9.43. The summed E-state index contributed by atoms with van der Waals surface area (Å²) in [6, 6.07) is -0.284. The molecule has 5 heteroatoms. The Hall–Kier alpha value is -1.10. The van der Waals surface area contributed by atoms with Gasteiger partial charge in [0.1, 0.15) is 0 Å². The number of carbonyl (C=O) groups excluding carboxylic acids is 1. The third kappa shape index (κ3) is 2.68. The molecule has 1 aliphatic rings. The smallest absolute Gasteiger partial charge is 0.305 e. The summed E-state index contributed by atoms with van der Waals surface area (Å²) < 4.78 is 0. The first kappa shape index (κ1) is 12.0. The minimum absolute atomic E-state index is 0.0933. The fourth-order valence-electron chi connectivity index (χ4n) is 1.83. The summed E-state index contributed by atoms with van der Waals surface area (Å²) in [5, 5.41) is 8.77. The third-order valence-electron chi connectivity index (χ3n) is 3.10. The zero-order chi connectivity index (χ0) is 11.6. The Kier molecular flexibility index (Phi) is 3.68. The van der Waals surface area contributed by atoms with Crippen LogP contribution < -0.4 is 0 Å². The predicted molar refractivity (Wildman–Crippen MR) is 55.5 cm³/mol. The molecular weight excluding hydrogens is 196 g/mol. The van der Waals surface area contributed by atoms with Crippen LogP contribution in [0.1, 0.15) is 19.8 Å². The summed E-state index contributed by atoms with van der Waals surface area (Å²) in [7, 11) is 3.54. The summed E-state index contributed by atoms with van der Waals surface area (Å²) in [5.41, 5.74) is 0. The molecule has 0 bridgehead atoms. The predicted octanol–water partition coefficient (Wildman–Crippen LogP) is 0.0121. The molecule has 2 unspecified atom stereocenters. The van der Waals surface area contributed by atoms with Crippen molar-refractivity contribution in [3.63, 3.8) is 0 Å². The van der Waals surface area contributed by atoms with E-state index in [0.29, 0.717) is 6.54 Å². The monoisotopic (exact) mass is 214 g/mol. The van der Waals surface area contributed by atoms with Crippen LogP contribution in [0.5, 0.6) is 0 Å². The van der Waals surface area contributed by atoms with Crippen molar-refractivity contribution in [3.8, 4) is 0 Å². The number of carboxylic acids is 1. The lowest BCUT2D eigenvalue weighted by Crippen LogP contribution is -2.46. The van der Waals surface area contributed by atoms with E-state index in [9.17, 15) is 9.59 Å². The zero-order valence-corrected chi connectivity index (χ0v) is 9.43. The average molecular weight is 214 g/mol. The van der Waals surface area contributed by atoms with E-state index in [2.05, 4.69) is 0 Å². The molecule has 1 aliphatic heterocycles. The first-order valence-electron chi connectivity index (χ1n) is 5.12.